The maximum atomic E-state index is 12.4. The van der Waals surface area contributed by atoms with Gasteiger partial charge in [-0.05, 0) is 30.7 Å². The molecule has 2 N–H and O–H groups in total. The molecule has 1 aliphatic rings. The zero-order valence-corrected chi connectivity index (χ0v) is 13.5. The third-order valence-electron chi connectivity index (χ3n) is 4.31. The van der Waals surface area contributed by atoms with Gasteiger partial charge in [-0.3, -0.25) is 19.6 Å². The van der Waals surface area contributed by atoms with Crippen LogP contribution < -0.4 is 10.9 Å². The number of carbonyl (C=O) groups is 1. The zero-order valence-electron chi connectivity index (χ0n) is 13.5. The molecule has 1 fully saturated rings. The fraction of sp³-hybridized carbons (Fsp3) is 0.222. The smallest absolute Gasteiger partial charge is 0.272 e. The van der Waals surface area contributed by atoms with Crippen molar-refractivity contribution in [3.05, 3.63) is 64.7 Å². The maximum Gasteiger partial charge on any atom is 0.272 e. The highest BCUT2D eigenvalue weighted by Gasteiger charge is 2.27. The van der Waals surface area contributed by atoms with E-state index in [0.29, 0.717) is 35.6 Å². The van der Waals surface area contributed by atoms with Crippen LogP contribution in [0, 0.1) is 0 Å². The van der Waals surface area contributed by atoms with E-state index in [2.05, 4.69) is 20.3 Å². The first kappa shape index (κ1) is 15.3. The topological polar surface area (TPSA) is 91.0 Å². The normalized spacial score (nSPS) is 17.0. The van der Waals surface area contributed by atoms with Gasteiger partial charge in [-0.15, -0.1) is 0 Å². The average molecular weight is 335 g/mol. The van der Waals surface area contributed by atoms with E-state index >= 15 is 0 Å². The molecule has 1 amide bonds. The molecule has 25 heavy (non-hydrogen) atoms. The van der Waals surface area contributed by atoms with Gasteiger partial charge in [0.15, 0.2) is 0 Å². The van der Waals surface area contributed by atoms with Crippen LogP contribution in [-0.2, 0) is 0 Å². The number of pyridine rings is 1. The quantitative estimate of drug-likeness (QED) is 0.759. The summed E-state index contributed by atoms with van der Waals surface area (Å²) in [5, 5.41) is 3.79. The van der Waals surface area contributed by atoms with E-state index in [9.17, 15) is 9.59 Å². The Kier molecular flexibility index (Phi) is 3.89. The lowest BCUT2D eigenvalue weighted by atomic mass is 10.2. The lowest BCUT2D eigenvalue weighted by Crippen LogP contribution is -2.32. The highest BCUT2D eigenvalue weighted by Crippen LogP contribution is 2.16. The summed E-state index contributed by atoms with van der Waals surface area (Å²) >= 11 is 0. The van der Waals surface area contributed by atoms with Crippen molar-refractivity contribution in [3.8, 4) is 0 Å². The van der Waals surface area contributed by atoms with Crippen LogP contribution in [0.5, 0.6) is 0 Å². The van der Waals surface area contributed by atoms with Crippen LogP contribution >= 0.6 is 0 Å². The number of nitrogens with one attached hydrogen (secondary N) is 2. The average Bonchev–Trinajstić information content (AvgIpc) is 3.10. The van der Waals surface area contributed by atoms with Crippen LogP contribution in [-0.4, -0.2) is 44.9 Å². The van der Waals surface area contributed by atoms with Gasteiger partial charge in [0.2, 0.25) is 5.95 Å². The second-order valence-corrected chi connectivity index (χ2v) is 6.03. The number of nitrogens with zero attached hydrogens (tertiary/aromatic N) is 3. The number of hydrogen-bond acceptors (Lipinski definition) is 5. The highest BCUT2D eigenvalue weighted by atomic mass is 16.2. The SMILES string of the molecule is O=C(c1ccccn1)N1CCC(Nc2nc3ccccc3c(=O)[nH]2)C1. The van der Waals surface area contributed by atoms with Gasteiger partial charge < -0.3 is 10.2 Å². The van der Waals surface area contributed by atoms with E-state index in [4.69, 9.17) is 0 Å². The molecule has 2 aromatic heterocycles. The third kappa shape index (κ3) is 3.08. The van der Waals surface area contributed by atoms with Gasteiger partial charge in [-0.25, -0.2) is 4.98 Å². The van der Waals surface area contributed by atoms with Crippen molar-refractivity contribution in [1.29, 1.82) is 0 Å². The molecule has 1 aliphatic heterocycles. The fourth-order valence-electron chi connectivity index (χ4n) is 3.06. The van der Waals surface area contributed by atoms with E-state index in [1.807, 2.05) is 12.1 Å². The number of carbonyl (C=O) groups excluding carboxylic acids is 1. The number of para-hydroxylation sites is 1. The second kappa shape index (κ2) is 6.35. The third-order valence-corrected chi connectivity index (χ3v) is 4.31. The number of aromatic nitrogens is 3. The summed E-state index contributed by atoms with van der Waals surface area (Å²) in [6, 6.07) is 12.5. The molecule has 3 aromatic rings. The first-order valence-corrected chi connectivity index (χ1v) is 8.16. The fourth-order valence-corrected chi connectivity index (χ4v) is 3.06. The zero-order chi connectivity index (χ0) is 17.2. The summed E-state index contributed by atoms with van der Waals surface area (Å²) < 4.78 is 0. The van der Waals surface area contributed by atoms with Crippen LogP contribution in [0.4, 0.5) is 5.95 Å². The summed E-state index contributed by atoms with van der Waals surface area (Å²) in [6.07, 6.45) is 2.40. The predicted molar refractivity (Wildman–Crippen MR) is 94.5 cm³/mol. The van der Waals surface area contributed by atoms with Gasteiger partial charge in [-0.2, -0.15) is 0 Å². The minimum absolute atomic E-state index is 0.0389. The largest absolute Gasteiger partial charge is 0.351 e. The molecular weight excluding hydrogens is 318 g/mol. The van der Waals surface area contributed by atoms with Gasteiger partial charge in [0, 0.05) is 25.3 Å². The summed E-state index contributed by atoms with van der Waals surface area (Å²) in [4.78, 5) is 37.6. The first-order valence-electron chi connectivity index (χ1n) is 8.16. The van der Waals surface area contributed by atoms with Crippen molar-refractivity contribution < 1.29 is 4.79 Å². The van der Waals surface area contributed by atoms with E-state index < -0.39 is 0 Å². The number of amides is 1. The monoisotopic (exact) mass is 335 g/mol. The van der Waals surface area contributed by atoms with Crippen molar-refractivity contribution in [2.45, 2.75) is 12.5 Å². The Morgan fingerprint density at radius 3 is 2.88 bits per heavy atom. The van der Waals surface area contributed by atoms with Gasteiger partial charge in [0.05, 0.1) is 10.9 Å². The molecule has 7 nitrogen and oxygen atoms in total. The van der Waals surface area contributed by atoms with Crippen molar-refractivity contribution in [1.82, 2.24) is 19.9 Å². The lowest BCUT2D eigenvalue weighted by Gasteiger charge is -2.17. The van der Waals surface area contributed by atoms with Crippen LogP contribution in [0.25, 0.3) is 10.9 Å². The molecule has 1 aromatic carbocycles. The molecule has 4 rings (SSSR count). The number of likely N-dealkylation sites (tertiary alicyclic amines) is 1. The summed E-state index contributed by atoms with van der Waals surface area (Å²) in [5.41, 5.74) is 0.918. The standard InChI is InChI=1S/C18H17N5O2/c24-16-13-5-1-2-6-14(13)21-18(22-16)20-12-8-10-23(11-12)17(25)15-7-3-4-9-19-15/h1-7,9,12H,8,10-11H2,(H2,20,21,22,24). The van der Waals surface area contributed by atoms with Crippen LogP contribution in [0.3, 0.4) is 0 Å². The minimum Gasteiger partial charge on any atom is -0.351 e. The van der Waals surface area contributed by atoms with Crippen molar-refractivity contribution in [2.24, 2.45) is 0 Å². The number of benzene rings is 1. The minimum atomic E-state index is -0.174. The van der Waals surface area contributed by atoms with E-state index in [0.717, 1.165) is 6.42 Å². The molecular formula is C18H17N5O2. The van der Waals surface area contributed by atoms with Crippen molar-refractivity contribution in [2.75, 3.05) is 18.4 Å². The molecule has 1 atom stereocenters. The molecule has 126 valence electrons. The van der Waals surface area contributed by atoms with Crippen molar-refractivity contribution in [3.63, 3.8) is 0 Å². The Bertz CT molecular complexity index is 970. The second-order valence-electron chi connectivity index (χ2n) is 6.03. The molecule has 0 saturated carbocycles. The molecule has 1 saturated heterocycles. The molecule has 3 heterocycles. The predicted octanol–water partition coefficient (Wildman–Crippen LogP) is 1.64. The summed E-state index contributed by atoms with van der Waals surface area (Å²) in [5.74, 6) is 0.352. The van der Waals surface area contributed by atoms with Crippen molar-refractivity contribution >= 4 is 22.8 Å². The Morgan fingerprint density at radius 2 is 2.04 bits per heavy atom. The molecule has 7 heteroatoms. The number of fused-ring (bicyclic) bond motifs is 1. The summed E-state index contributed by atoms with van der Waals surface area (Å²) in [7, 11) is 0. The Morgan fingerprint density at radius 1 is 1.20 bits per heavy atom. The highest BCUT2D eigenvalue weighted by molar-refractivity contribution is 5.92. The maximum absolute atomic E-state index is 12.4. The molecule has 0 bridgehead atoms. The number of aromatic amines is 1. The molecule has 1 unspecified atom stereocenters. The van der Waals surface area contributed by atoms with Gasteiger partial charge in [-0.1, -0.05) is 18.2 Å². The number of hydrogen-bond donors (Lipinski definition) is 2. The van der Waals surface area contributed by atoms with Crippen LogP contribution in [0.15, 0.2) is 53.5 Å². The van der Waals surface area contributed by atoms with E-state index in [1.54, 1.807) is 41.4 Å². The van der Waals surface area contributed by atoms with E-state index in [1.165, 1.54) is 0 Å². The Hall–Kier alpha value is -3.22. The van der Waals surface area contributed by atoms with Gasteiger partial charge in [0.25, 0.3) is 11.5 Å². The molecule has 0 aliphatic carbocycles. The first-order chi connectivity index (χ1) is 12.2. The van der Waals surface area contributed by atoms with Gasteiger partial charge >= 0.3 is 0 Å². The summed E-state index contributed by atoms with van der Waals surface area (Å²) in [6.45, 7) is 1.19. The molecule has 0 radical (unpaired) electrons. The van der Waals surface area contributed by atoms with E-state index in [-0.39, 0.29) is 17.5 Å². The Labute approximate surface area is 143 Å². The number of rotatable bonds is 3. The van der Waals surface area contributed by atoms with Gasteiger partial charge in [0.1, 0.15) is 5.69 Å². The number of H-pyrrole nitrogens is 1. The molecule has 0 spiro atoms. The lowest BCUT2D eigenvalue weighted by molar-refractivity contribution is 0.0786. The van der Waals surface area contributed by atoms with Crippen LogP contribution in [0.2, 0.25) is 0 Å². The Balaban J connectivity index is 1.48. The van der Waals surface area contributed by atoms with Crippen LogP contribution in [0.1, 0.15) is 16.9 Å². The number of anilines is 1.